The van der Waals surface area contributed by atoms with Crippen LogP contribution in [0.15, 0.2) is 12.1 Å². The van der Waals surface area contributed by atoms with Crippen LogP contribution in [0.5, 0.6) is 0 Å². The molecule has 0 radical (unpaired) electrons. The fraction of sp³-hybridized carbons (Fsp3) is 0.706. The summed E-state index contributed by atoms with van der Waals surface area (Å²) < 4.78 is 0.393. The normalized spacial score (nSPS) is 18.6. The van der Waals surface area contributed by atoms with Crippen molar-refractivity contribution in [1.29, 1.82) is 0 Å². The van der Waals surface area contributed by atoms with Crippen LogP contribution in [0.1, 0.15) is 44.9 Å². The first-order valence-electron chi connectivity index (χ1n) is 8.07. The van der Waals surface area contributed by atoms with Gasteiger partial charge in [-0.2, -0.15) is 11.8 Å². The third-order valence-corrected chi connectivity index (χ3v) is 5.29. The molecule has 1 N–H and O–H groups in total. The van der Waals surface area contributed by atoms with Crippen molar-refractivity contribution in [3.05, 3.63) is 23.4 Å². The molecule has 1 saturated heterocycles. The number of nitrogens with one attached hydrogen (secondary N) is 1. The molecule has 1 aromatic heterocycles. The standard InChI is InChI=1S/C17H29N3S/c1-5-7-18-13-15-11-14(2)19-16(12-15)20-8-6-17(3,4)21-10-9-20/h11-12,18H,5-10,13H2,1-4H3. The van der Waals surface area contributed by atoms with Gasteiger partial charge in [0.05, 0.1) is 0 Å². The molecule has 1 aliphatic rings. The lowest BCUT2D eigenvalue weighted by molar-refractivity contribution is 0.634. The molecular formula is C17H29N3S. The summed E-state index contributed by atoms with van der Waals surface area (Å²) in [5, 5.41) is 3.48. The number of nitrogens with zero attached hydrogens (tertiary/aromatic N) is 2. The van der Waals surface area contributed by atoms with Crippen molar-refractivity contribution < 1.29 is 0 Å². The molecule has 1 aromatic rings. The van der Waals surface area contributed by atoms with E-state index in [1.54, 1.807) is 0 Å². The minimum absolute atomic E-state index is 0.393. The Morgan fingerprint density at radius 2 is 2.14 bits per heavy atom. The molecule has 0 aromatic carbocycles. The molecule has 0 unspecified atom stereocenters. The maximum atomic E-state index is 4.76. The summed E-state index contributed by atoms with van der Waals surface area (Å²) in [5.74, 6) is 2.34. The summed E-state index contributed by atoms with van der Waals surface area (Å²) in [5.41, 5.74) is 2.47. The number of rotatable bonds is 5. The number of aromatic nitrogens is 1. The summed E-state index contributed by atoms with van der Waals surface area (Å²) in [6, 6.07) is 4.46. The van der Waals surface area contributed by atoms with E-state index >= 15 is 0 Å². The molecule has 0 aliphatic carbocycles. The van der Waals surface area contributed by atoms with Crippen molar-refractivity contribution in [2.75, 3.05) is 30.3 Å². The van der Waals surface area contributed by atoms with E-state index in [-0.39, 0.29) is 0 Å². The Bertz CT molecular complexity index is 459. The third-order valence-electron chi connectivity index (χ3n) is 3.92. The van der Waals surface area contributed by atoms with E-state index < -0.39 is 0 Å². The van der Waals surface area contributed by atoms with E-state index in [2.05, 4.69) is 61.8 Å². The van der Waals surface area contributed by atoms with Crippen LogP contribution in [-0.2, 0) is 6.54 Å². The molecule has 4 heteroatoms. The molecule has 2 rings (SSSR count). The highest BCUT2D eigenvalue weighted by Gasteiger charge is 2.24. The molecule has 1 aliphatic heterocycles. The van der Waals surface area contributed by atoms with Crippen LogP contribution in [-0.4, -0.2) is 35.1 Å². The average molecular weight is 308 g/mol. The molecule has 2 heterocycles. The quantitative estimate of drug-likeness (QED) is 0.841. The lowest BCUT2D eigenvalue weighted by Gasteiger charge is -2.24. The highest BCUT2D eigenvalue weighted by Crippen LogP contribution is 2.32. The van der Waals surface area contributed by atoms with Gasteiger partial charge in [-0.1, -0.05) is 20.8 Å². The predicted octanol–water partition coefficient (Wildman–Crippen LogP) is 3.61. The van der Waals surface area contributed by atoms with Crippen molar-refractivity contribution in [3.8, 4) is 0 Å². The van der Waals surface area contributed by atoms with Gasteiger partial charge < -0.3 is 10.2 Å². The van der Waals surface area contributed by atoms with Crippen LogP contribution in [0.4, 0.5) is 5.82 Å². The van der Waals surface area contributed by atoms with E-state index in [0.717, 1.165) is 37.7 Å². The molecule has 21 heavy (non-hydrogen) atoms. The molecule has 0 bridgehead atoms. The number of anilines is 1. The number of hydrogen-bond donors (Lipinski definition) is 1. The van der Waals surface area contributed by atoms with Crippen molar-refractivity contribution in [2.45, 2.75) is 51.8 Å². The SMILES string of the molecule is CCCNCc1cc(C)nc(N2CCSC(C)(C)CC2)c1. The molecule has 0 saturated carbocycles. The molecular weight excluding hydrogens is 278 g/mol. The van der Waals surface area contributed by atoms with Gasteiger partial charge in [0.15, 0.2) is 0 Å². The van der Waals surface area contributed by atoms with Gasteiger partial charge in [0.1, 0.15) is 5.82 Å². The van der Waals surface area contributed by atoms with E-state index in [0.29, 0.717) is 4.75 Å². The first kappa shape index (κ1) is 16.6. The maximum absolute atomic E-state index is 4.76. The topological polar surface area (TPSA) is 28.2 Å². The molecule has 0 atom stereocenters. The monoisotopic (exact) mass is 307 g/mol. The van der Waals surface area contributed by atoms with Gasteiger partial charge in [0, 0.05) is 35.8 Å². The molecule has 118 valence electrons. The highest BCUT2D eigenvalue weighted by molar-refractivity contribution is 8.00. The summed E-state index contributed by atoms with van der Waals surface area (Å²) in [4.78, 5) is 7.22. The van der Waals surface area contributed by atoms with Gasteiger partial charge in [-0.25, -0.2) is 4.98 Å². The molecule has 0 amide bonds. The van der Waals surface area contributed by atoms with Crippen molar-refractivity contribution in [1.82, 2.24) is 10.3 Å². The number of thioether (sulfide) groups is 1. The van der Waals surface area contributed by atoms with E-state index in [9.17, 15) is 0 Å². The fourth-order valence-corrected chi connectivity index (χ4v) is 3.74. The van der Waals surface area contributed by atoms with E-state index in [1.807, 2.05) is 0 Å². The Morgan fingerprint density at radius 1 is 1.33 bits per heavy atom. The van der Waals surface area contributed by atoms with Crippen LogP contribution >= 0.6 is 11.8 Å². The number of pyridine rings is 1. The van der Waals surface area contributed by atoms with Gasteiger partial charge >= 0.3 is 0 Å². The lowest BCUT2D eigenvalue weighted by Crippen LogP contribution is -2.28. The zero-order valence-corrected chi connectivity index (χ0v) is 14.7. The van der Waals surface area contributed by atoms with Gasteiger partial charge in [-0.05, 0) is 44.0 Å². The fourth-order valence-electron chi connectivity index (χ4n) is 2.64. The molecule has 3 nitrogen and oxygen atoms in total. The largest absolute Gasteiger partial charge is 0.356 e. The summed E-state index contributed by atoms with van der Waals surface area (Å²) >= 11 is 2.08. The zero-order valence-electron chi connectivity index (χ0n) is 13.9. The average Bonchev–Trinajstić information content (AvgIpc) is 2.59. The summed E-state index contributed by atoms with van der Waals surface area (Å²) in [6.45, 7) is 13.2. The number of hydrogen-bond acceptors (Lipinski definition) is 4. The molecule has 1 fully saturated rings. The predicted molar refractivity (Wildman–Crippen MR) is 94.3 cm³/mol. The minimum Gasteiger partial charge on any atom is -0.356 e. The first-order chi connectivity index (χ1) is 10.00. The van der Waals surface area contributed by atoms with Gasteiger partial charge in [0.25, 0.3) is 0 Å². The van der Waals surface area contributed by atoms with E-state index in [1.165, 1.54) is 24.2 Å². The second kappa shape index (κ2) is 7.50. The smallest absolute Gasteiger partial charge is 0.129 e. The van der Waals surface area contributed by atoms with Crippen molar-refractivity contribution in [3.63, 3.8) is 0 Å². The van der Waals surface area contributed by atoms with Gasteiger partial charge in [0.2, 0.25) is 0 Å². The van der Waals surface area contributed by atoms with Crippen molar-refractivity contribution in [2.24, 2.45) is 0 Å². The highest BCUT2D eigenvalue weighted by atomic mass is 32.2. The van der Waals surface area contributed by atoms with Gasteiger partial charge in [-0.3, -0.25) is 0 Å². The van der Waals surface area contributed by atoms with Crippen LogP contribution in [0.2, 0.25) is 0 Å². The van der Waals surface area contributed by atoms with Crippen LogP contribution in [0, 0.1) is 6.92 Å². The second-order valence-electron chi connectivity index (χ2n) is 6.50. The Kier molecular flexibility index (Phi) is 5.94. The van der Waals surface area contributed by atoms with Gasteiger partial charge in [-0.15, -0.1) is 0 Å². The van der Waals surface area contributed by atoms with Crippen LogP contribution in [0.3, 0.4) is 0 Å². The van der Waals surface area contributed by atoms with Crippen LogP contribution in [0.25, 0.3) is 0 Å². The van der Waals surface area contributed by atoms with Crippen LogP contribution < -0.4 is 10.2 Å². The minimum atomic E-state index is 0.393. The zero-order chi connectivity index (χ0) is 15.3. The first-order valence-corrected chi connectivity index (χ1v) is 9.06. The third kappa shape index (κ3) is 5.19. The Balaban J connectivity index is 2.08. The Morgan fingerprint density at radius 3 is 2.90 bits per heavy atom. The Hall–Kier alpha value is -0.740. The maximum Gasteiger partial charge on any atom is 0.129 e. The number of aryl methyl sites for hydroxylation is 1. The Labute approximate surface area is 133 Å². The second-order valence-corrected chi connectivity index (χ2v) is 8.30. The van der Waals surface area contributed by atoms with Crippen molar-refractivity contribution >= 4 is 17.6 Å². The molecule has 0 spiro atoms. The van der Waals surface area contributed by atoms with E-state index in [4.69, 9.17) is 4.98 Å². The summed E-state index contributed by atoms with van der Waals surface area (Å²) in [6.07, 6.45) is 2.39. The lowest BCUT2D eigenvalue weighted by atomic mass is 10.1. The summed E-state index contributed by atoms with van der Waals surface area (Å²) in [7, 11) is 0.